The fourth-order valence-electron chi connectivity index (χ4n) is 4.95. The largest absolute Gasteiger partial charge is 0.411 e. The summed E-state index contributed by atoms with van der Waals surface area (Å²) in [6.45, 7) is 13.7. The van der Waals surface area contributed by atoms with Crippen LogP contribution in [0.1, 0.15) is 91.0 Å². The van der Waals surface area contributed by atoms with Crippen molar-refractivity contribution in [3.05, 3.63) is 60.2 Å². The fraction of sp³-hybridized carbons (Fsp3) is 0.594. The van der Waals surface area contributed by atoms with Gasteiger partial charge in [0.2, 0.25) is 0 Å². The Labute approximate surface area is 215 Å². The van der Waals surface area contributed by atoms with E-state index in [9.17, 15) is 4.79 Å². The van der Waals surface area contributed by atoms with Crippen LogP contribution in [0.15, 0.2) is 54.6 Å². The molecule has 1 aromatic carbocycles. The van der Waals surface area contributed by atoms with Crippen LogP contribution in [-0.4, -0.2) is 20.2 Å². The molecule has 2 saturated carbocycles. The molecule has 0 heterocycles. The molecule has 3 heteroatoms. The highest BCUT2D eigenvalue weighted by atomic mass is 28.4. The third kappa shape index (κ3) is 7.54. The smallest absolute Gasteiger partial charge is 0.192 e. The zero-order chi connectivity index (χ0) is 25.6. The van der Waals surface area contributed by atoms with Gasteiger partial charge in [-0.2, -0.15) is 0 Å². The fourth-order valence-corrected chi connectivity index (χ4v) is 6.22. The van der Waals surface area contributed by atoms with Gasteiger partial charge in [-0.1, -0.05) is 88.0 Å². The number of ketones is 1. The molecule has 0 bridgehead atoms. The molecule has 190 valence electrons. The molecule has 35 heavy (non-hydrogen) atoms. The van der Waals surface area contributed by atoms with Crippen LogP contribution < -0.4 is 0 Å². The average molecular weight is 491 g/mol. The Bertz CT molecular complexity index is 966. The SMILES string of the molecule is CC1(/C=C/C=C/C(CC2(CC#Cc3ccccc3)CCC2)O[Si](C)(C)C(C)(C)C)CCCCC1=O. The van der Waals surface area contributed by atoms with E-state index in [0.717, 1.165) is 37.7 Å². The summed E-state index contributed by atoms with van der Waals surface area (Å²) >= 11 is 0. The Hall–Kier alpha value is -1.89. The third-order valence-corrected chi connectivity index (χ3v) is 13.2. The normalized spacial score (nSPS) is 23.7. The van der Waals surface area contributed by atoms with Gasteiger partial charge in [0.15, 0.2) is 8.32 Å². The van der Waals surface area contributed by atoms with Gasteiger partial charge in [0.25, 0.3) is 0 Å². The lowest BCUT2D eigenvalue weighted by Gasteiger charge is -2.45. The third-order valence-electron chi connectivity index (χ3n) is 8.66. The second-order valence-electron chi connectivity index (χ2n) is 12.6. The number of benzene rings is 1. The summed E-state index contributed by atoms with van der Waals surface area (Å²) < 4.78 is 6.94. The molecule has 0 N–H and O–H groups in total. The molecule has 0 aliphatic heterocycles. The molecule has 1 aromatic rings. The maximum atomic E-state index is 12.5. The highest BCUT2D eigenvalue weighted by molar-refractivity contribution is 6.74. The van der Waals surface area contributed by atoms with Crippen LogP contribution in [0, 0.1) is 22.7 Å². The van der Waals surface area contributed by atoms with E-state index in [1.54, 1.807) is 0 Å². The van der Waals surface area contributed by atoms with Crippen LogP contribution in [0.25, 0.3) is 0 Å². The van der Waals surface area contributed by atoms with Gasteiger partial charge in [-0.3, -0.25) is 4.79 Å². The van der Waals surface area contributed by atoms with Crippen molar-refractivity contribution in [2.24, 2.45) is 10.8 Å². The number of hydrogen-bond acceptors (Lipinski definition) is 2. The topological polar surface area (TPSA) is 26.3 Å². The van der Waals surface area contributed by atoms with Crippen molar-refractivity contribution in [1.82, 2.24) is 0 Å². The molecule has 2 unspecified atom stereocenters. The molecular weight excluding hydrogens is 444 g/mol. The van der Waals surface area contributed by atoms with Crippen molar-refractivity contribution in [2.45, 2.75) is 110 Å². The number of hydrogen-bond donors (Lipinski definition) is 0. The maximum Gasteiger partial charge on any atom is 0.192 e. The number of allylic oxidation sites excluding steroid dienone is 3. The quantitative estimate of drug-likeness (QED) is 0.207. The van der Waals surface area contributed by atoms with Gasteiger partial charge < -0.3 is 4.43 Å². The van der Waals surface area contributed by atoms with Crippen molar-refractivity contribution in [3.63, 3.8) is 0 Å². The lowest BCUT2D eigenvalue weighted by Crippen LogP contribution is -2.45. The van der Waals surface area contributed by atoms with Crippen LogP contribution in [-0.2, 0) is 9.22 Å². The van der Waals surface area contributed by atoms with Gasteiger partial charge in [0.1, 0.15) is 5.78 Å². The van der Waals surface area contributed by atoms with Gasteiger partial charge in [0, 0.05) is 23.8 Å². The summed E-state index contributed by atoms with van der Waals surface area (Å²) in [5.74, 6) is 7.24. The first-order valence-electron chi connectivity index (χ1n) is 13.6. The number of Topliss-reactive ketones (excluding diaryl/α,β-unsaturated/α-hetero) is 1. The average Bonchev–Trinajstić information content (AvgIpc) is 2.76. The Kier molecular flexibility index (Phi) is 9.05. The van der Waals surface area contributed by atoms with Crippen molar-refractivity contribution in [1.29, 1.82) is 0 Å². The van der Waals surface area contributed by atoms with Gasteiger partial charge in [-0.25, -0.2) is 0 Å². The lowest BCUT2D eigenvalue weighted by atomic mass is 9.64. The van der Waals surface area contributed by atoms with E-state index in [4.69, 9.17) is 4.43 Å². The minimum absolute atomic E-state index is 0.0780. The first kappa shape index (κ1) is 27.7. The summed E-state index contributed by atoms with van der Waals surface area (Å²) in [5, 5.41) is 0.164. The zero-order valence-corrected chi connectivity index (χ0v) is 24.0. The van der Waals surface area contributed by atoms with E-state index in [-0.39, 0.29) is 22.0 Å². The second kappa shape index (κ2) is 11.4. The molecule has 2 nitrogen and oxygen atoms in total. The van der Waals surface area contributed by atoms with Crippen LogP contribution >= 0.6 is 0 Å². The summed E-state index contributed by atoms with van der Waals surface area (Å²) in [4.78, 5) is 12.5. The Balaban J connectivity index is 1.74. The molecule has 2 aliphatic carbocycles. The van der Waals surface area contributed by atoms with E-state index in [2.05, 4.69) is 89.1 Å². The first-order chi connectivity index (χ1) is 16.4. The van der Waals surface area contributed by atoms with E-state index in [0.29, 0.717) is 12.2 Å². The summed E-state index contributed by atoms with van der Waals surface area (Å²) in [6.07, 6.45) is 18.2. The van der Waals surface area contributed by atoms with E-state index in [1.807, 2.05) is 18.2 Å². The van der Waals surface area contributed by atoms with Crippen molar-refractivity contribution in [3.8, 4) is 11.8 Å². The van der Waals surface area contributed by atoms with Crippen LogP contribution in [0.5, 0.6) is 0 Å². The second-order valence-corrected chi connectivity index (χ2v) is 17.4. The predicted molar refractivity (Wildman–Crippen MR) is 151 cm³/mol. The standard InChI is InChI=1S/C32H46O2Si/c1-30(2,3)35(5,6)34-28(19-10-12-21-31(4)22-13-11-20-29(31)33)26-32(24-15-25-32)23-14-18-27-16-8-7-9-17-27/h7-10,12,16-17,19,21,28H,11,13,15,20,22-26H2,1-6H3/b19-10+,21-12+. The van der Waals surface area contributed by atoms with Crippen LogP contribution in [0.3, 0.4) is 0 Å². The van der Waals surface area contributed by atoms with E-state index in [1.165, 1.54) is 19.3 Å². The number of carbonyl (C=O) groups excluding carboxylic acids is 1. The van der Waals surface area contributed by atoms with Gasteiger partial charge in [-0.15, -0.1) is 0 Å². The zero-order valence-electron chi connectivity index (χ0n) is 23.0. The van der Waals surface area contributed by atoms with Crippen molar-refractivity contribution >= 4 is 14.1 Å². The predicted octanol–water partition coefficient (Wildman–Crippen LogP) is 8.64. The van der Waals surface area contributed by atoms with Crippen molar-refractivity contribution < 1.29 is 9.22 Å². The Morgan fingerprint density at radius 1 is 1.06 bits per heavy atom. The molecule has 2 atom stereocenters. The van der Waals surface area contributed by atoms with Crippen molar-refractivity contribution in [2.75, 3.05) is 0 Å². The molecule has 2 aliphatic rings. The molecule has 0 saturated heterocycles. The Morgan fingerprint density at radius 3 is 2.37 bits per heavy atom. The molecule has 3 rings (SSSR count). The Morgan fingerprint density at radius 2 is 1.77 bits per heavy atom. The molecule has 2 fully saturated rings. The van der Waals surface area contributed by atoms with Gasteiger partial charge in [-0.05, 0) is 74.7 Å². The highest BCUT2D eigenvalue weighted by Gasteiger charge is 2.43. The minimum atomic E-state index is -1.92. The number of rotatable bonds is 8. The summed E-state index contributed by atoms with van der Waals surface area (Å²) in [7, 11) is -1.92. The first-order valence-corrected chi connectivity index (χ1v) is 16.5. The van der Waals surface area contributed by atoms with E-state index >= 15 is 0 Å². The molecular formula is C32H46O2Si. The monoisotopic (exact) mass is 490 g/mol. The van der Waals surface area contributed by atoms with Crippen LogP contribution in [0.4, 0.5) is 0 Å². The molecule has 0 aromatic heterocycles. The van der Waals surface area contributed by atoms with E-state index < -0.39 is 8.32 Å². The minimum Gasteiger partial charge on any atom is -0.411 e. The molecule has 0 radical (unpaired) electrons. The van der Waals surface area contributed by atoms with Gasteiger partial charge in [0.05, 0.1) is 6.10 Å². The van der Waals surface area contributed by atoms with Crippen LogP contribution in [0.2, 0.25) is 18.1 Å². The summed E-state index contributed by atoms with van der Waals surface area (Å²) in [5.41, 5.74) is 1.03. The maximum absolute atomic E-state index is 12.5. The summed E-state index contributed by atoms with van der Waals surface area (Å²) in [6, 6.07) is 10.3. The highest BCUT2D eigenvalue weighted by Crippen LogP contribution is 2.49. The molecule has 0 amide bonds. The molecule has 0 spiro atoms. The van der Waals surface area contributed by atoms with Gasteiger partial charge >= 0.3 is 0 Å². The lowest BCUT2D eigenvalue weighted by molar-refractivity contribution is -0.127. The number of carbonyl (C=O) groups is 1.